The van der Waals surface area contributed by atoms with Crippen molar-refractivity contribution < 1.29 is 14.2 Å². The van der Waals surface area contributed by atoms with E-state index in [0.29, 0.717) is 17.3 Å². The van der Waals surface area contributed by atoms with Crippen LogP contribution in [-0.4, -0.2) is 35.9 Å². The third-order valence-corrected chi connectivity index (χ3v) is 5.36. The van der Waals surface area contributed by atoms with Crippen LogP contribution in [0.5, 0.6) is 17.2 Å². The van der Waals surface area contributed by atoms with Crippen molar-refractivity contribution in [2.75, 3.05) is 26.6 Å². The molecule has 0 aliphatic heterocycles. The second-order valence-corrected chi connectivity index (χ2v) is 7.25. The molecule has 0 unspecified atom stereocenters. The molecule has 160 valence electrons. The highest BCUT2D eigenvalue weighted by atomic mass is 16.5. The molecule has 5 aromatic rings. The molecule has 0 atom stereocenters. The van der Waals surface area contributed by atoms with E-state index in [1.807, 2.05) is 53.2 Å². The second-order valence-electron chi connectivity index (χ2n) is 7.25. The summed E-state index contributed by atoms with van der Waals surface area (Å²) >= 11 is 0. The minimum absolute atomic E-state index is 0.648. The summed E-state index contributed by atoms with van der Waals surface area (Å²) in [6.07, 6.45) is 1.84. The number of anilines is 2. The van der Waals surface area contributed by atoms with Crippen molar-refractivity contribution in [1.82, 2.24) is 14.6 Å². The summed E-state index contributed by atoms with van der Waals surface area (Å²) in [5.41, 5.74) is 3.56. The van der Waals surface area contributed by atoms with Crippen LogP contribution >= 0.6 is 0 Å². The number of benzene rings is 3. The van der Waals surface area contributed by atoms with Crippen molar-refractivity contribution in [2.45, 2.75) is 0 Å². The van der Waals surface area contributed by atoms with E-state index in [4.69, 9.17) is 19.3 Å². The lowest BCUT2D eigenvalue weighted by Crippen LogP contribution is -2.01. The molecule has 0 amide bonds. The van der Waals surface area contributed by atoms with E-state index in [2.05, 4.69) is 34.6 Å². The lowest BCUT2D eigenvalue weighted by atomic mass is 10.1. The quantitative estimate of drug-likeness (QED) is 0.396. The van der Waals surface area contributed by atoms with Gasteiger partial charge in [-0.15, -0.1) is 5.10 Å². The zero-order valence-electron chi connectivity index (χ0n) is 18.0. The Labute approximate surface area is 185 Å². The summed E-state index contributed by atoms with van der Waals surface area (Å²) in [5.74, 6) is 2.85. The van der Waals surface area contributed by atoms with E-state index in [-0.39, 0.29) is 0 Å². The average Bonchev–Trinajstić information content (AvgIpc) is 3.26. The zero-order valence-corrected chi connectivity index (χ0v) is 18.0. The van der Waals surface area contributed by atoms with Gasteiger partial charge in [0, 0.05) is 17.3 Å². The smallest absolute Gasteiger partial charge is 0.162 e. The van der Waals surface area contributed by atoms with E-state index in [1.54, 1.807) is 21.3 Å². The van der Waals surface area contributed by atoms with Crippen LogP contribution in [0.25, 0.3) is 27.7 Å². The Balaban J connectivity index is 1.51. The third kappa shape index (κ3) is 3.54. The molecule has 2 heterocycles. The first-order valence-corrected chi connectivity index (χ1v) is 10.1. The molecule has 0 saturated heterocycles. The minimum atomic E-state index is 0.648. The van der Waals surface area contributed by atoms with Gasteiger partial charge in [0.15, 0.2) is 23.0 Å². The highest BCUT2D eigenvalue weighted by Crippen LogP contribution is 2.31. The Kier molecular flexibility index (Phi) is 4.99. The molecule has 32 heavy (non-hydrogen) atoms. The highest BCUT2D eigenvalue weighted by molar-refractivity contribution is 5.88. The van der Waals surface area contributed by atoms with Gasteiger partial charge in [-0.3, -0.25) is 0 Å². The summed E-state index contributed by atoms with van der Waals surface area (Å²) in [7, 11) is 4.90. The molecule has 3 aromatic carbocycles. The number of nitrogens with zero attached hydrogens (tertiary/aromatic N) is 3. The van der Waals surface area contributed by atoms with Crippen LogP contribution in [0.1, 0.15) is 0 Å². The van der Waals surface area contributed by atoms with Gasteiger partial charge in [0.2, 0.25) is 0 Å². The molecular formula is C25H22N4O3. The maximum Gasteiger partial charge on any atom is 0.162 e. The van der Waals surface area contributed by atoms with Crippen LogP contribution in [0.2, 0.25) is 0 Å². The molecular weight excluding hydrogens is 404 g/mol. The van der Waals surface area contributed by atoms with Crippen molar-refractivity contribution in [3.05, 3.63) is 72.9 Å². The van der Waals surface area contributed by atoms with Gasteiger partial charge in [0.25, 0.3) is 0 Å². The molecule has 0 aliphatic rings. The highest BCUT2D eigenvalue weighted by Gasteiger charge is 2.10. The molecule has 0 fully saturated rings. The number of nitrogens with one attached hydrogen (secondary N) is 1. The molecule has 0 bridgehead atoms. The largest absolute Gasteiger partial charge is 0.497 e. The number of hydrogen-bond acceptors (Lipinski definition) is 6. The van der Waals surface area contributed by atoms with Crippen LogP contribution in [0.15, 0.2) is 72.9 Å². The Hall–Kier alpha value is -4.26. The van der Waals surface area contributed by atoms with Crippen molar-refractivity contribution in [1.29, 1.82) is 0 Å². The van der Waals surface area contributed by atoms with Gasteiger partial charge >= 0.3 is 0 Å². The molecule has 7 heteroatoms. The third-order valence-electron chi connectivity index (χ3n) is 5.36. The summed E-state index contributed by atoms with van der Waals surface area (Å²) in [6.45, 7) is 0. The molecule has 1 N–H and O–H groups in total. The van der Waals surface area contributed by atoms with E-state index in [1.165, 1.54) is 0 Å². The van der Waals surface area contributed by atoms with E-state index >= 15 is 0 Å². The Morgan fingerprint density at radius 2 is 1.56 bits per heavy atom. The lowest BCUT2D eigenvalue weighted by molar-refractivity contribution is 0.355. The van der Waals surface area contributed by atoms with E-state index in [0.717, 1.165) is 39.1 Å². The van der Waals surface area contributed by atoms with Crippen LogP contribution in [0.4, 0.5) is 11.5 Å². The van der Waals surface area contributed by atoms with Crippen LogP contribution in [0, 0.1) is 0 Å². The number of ether oxygens (including phenoxy) is 3. The molecule has 0 saturated carbocycles. The normalized spacial score (nSPS) is 11.0. The predicted molar refractivity (Wildman–Crippen MR) is 125 cm³/mol. The monoisotopic (exact) mass is 426 g/mol. The average molecular weight is 426 g/mol. The molecule has 7 nitrogen and oxygen atoms in total. The van der Waals surface area contributed by atoms with Gasteiger partial charge in [-0.1, -0.05) is 18.2 Å². The Bertz CT molecular complexity index is 1430. The first kappa shape index (κ1) is 19.7. The van der Waals surface area contributed by atoms with Gasteiger partial charge < -0.3 is 19.5 Å². The summed E-state index contributed by atoms with van der Waals surface area (Å²) < 4.78 is 17.9. The first-order valence-electron chi connectivity index (χ1n) is 10.1. The summed E-state index contributed by atoms with van der Waals surface area (Å²) in [4.78, 5) is 4.52. The molecule has 5 rings (SSSR count). The first-order chi connectivity index (χ1) is 15.7. The molecule has 0 aliphatic carbocycles. The number of fused-ring (bicyclic) bond motifs is 2. The van der Waals surface area contributed by atoms with E-state index in [9.17, 15) is 0 Å². The summed E-state index contributed by atoms with van der Waals surface area (Å²) in [5, 5.41) is 10.3. The number of rotatable bonds is 6. The number of hydrogen-bond donors (Lipinski definition) is 1. The van der Waals surface area contributed by atoms with Gasteiger partial charge in [-0.05, 0) is 53.2 Å². The standard InChI is InChI=1S/C25H22N4O3/c1-30-20-8-6-16-12-18(5-4-17(16)13-20)21-15-26-25-11-10-24(28-29(21)25)27-19-7-9-22(31-2)23(14-19)32-3/h4-15H,1-3H3,(H,27,28). The Morgan fingerprint density at radius 3 is 2.38 bits per heavy atom. The number of imidazole rings is 1. The number of aromatic nitrogens is 3. The van der Waals surface area contributed by atoms with Crippen molar-refractivity contribution >= 4 is 27.9 Å². The van der Waals surface area contributed by atoms with Crippen molar-refractivity contribution in [3.8, 4) is 28.5 Å². The van der Waals surface area contributed by atoms with Crippen LogP contribution in [0.3, 0.4) is 0 Å². The molecule has 2 aromatic heterocycles. The van der Waals surface area contributed by atoms with Crippen LogP contribution in [-0.2, 0) is 0 Å². The van der Waals surface area contributed by atoms with Gasteiger partial charge in [0.05, 0.1) is 33.2 Å². The predicted octanol–water partition coefficient (Wildman–Crippen LogP) is 5.32. The second kappa shape index (κ2) is 8.11. The SMILES string of the molecule is COc1ccc2cc(-c3cnc4ccc(Nc5ccc(OC)c(OC)c5)nn34)ccc2c1. The molecule has 0 radical (unpaired) electrons. The zero-order chi connectivity index (χ0) is 22.1. The van der Waals surface area contributed by atoms with Crippen molar-refractivity contribution in [3.63, 3.8) is 0 Å². The van der Waals surface area contributed by atoms with E-state index < -0.39 is 0 Å². The molecule has 0 spiro atoms. The van der Waals surface area contributed by atoms with Crippen LogP contribution < -0.4 is 19.5 Å². The maximum atomic E-state index is 5.39. The Morgan fingerprint density at radius 1 is 0.750 bits per heavy atom. The minimum Gasteiger partial charge on any atom is -0.497 e. The topological polar surface area (TPSA) is 69.9 Å². The van der Waals surface area contributed by atoms with Gasteiger partial charge in [-0.25, -0.2) is 9.50 Å². The van der Waals surface area contributed by atoms with Crippen molar-refractivity contribution in [2.24, 2.45) is 0 Å². The van der Waals surface area contributed by atoms with Gasteiger partial charge in [0.1, 0.15) is 5.75 Å². The summed E-state index contributed by atoms with van der Waals surface area (Å²) in [6, 6.07) is 21.8. The fourth-order valence-electron chi connectivity index (χ4n) is 3.71. The fourth-order valence-corrected chi connectivity index (χ4v) is 3.71. The maximum absolute atomic E-state index is 5.39. The lowest BCUT2D eigenvalue weighted by Gasteiger charge is -2.11. The number of methoxy groups -OCH3 is 3. The van der Waals surface area contributed by atoms with Gasteiger partial charge in [-0.2, -0.15) is 0 Å². The fraction of sp³-hybridized carbons (Fsp3) is 0.120.